The number of likely N-dealkylation sites (N-methyl/N-ethyl adjacent to an activating group) is 1. The van der Waals surface area contributed by atoms with Crippen LogP contribution >= 0.6 is 0 Å². The number of rotatable bonds is 5. The van der Waals surface area contributed by atoms with Gasteiger partial charge in [-0.3, -0.25) is 9.69 Å². The fourth-order valence-electron chi connectivity index (χ4n) is 2.97. The lowest BCUT2D eigenvalue weighted by molar-refractivity contribution is -0.135. The number of benzene rings is 1. The highest BCUT2D eigenvalue weighted by Crippen LogP contribution is 2.30. The molecule has 1 aromatic rings. The molecule has 21 heavy (non-hydrogen) atoms. The van der Waals surface area contributed by atoms with Crippen molar-refractivity contribution in [3.05, 3.63) is 35.9 Å². The summed E-state index contributed by atoms with van der Waals surface area (Å²) in [6.07, 6.45) is 1.07. The molecule has 2 atom stereocenters. The summed E-state index contributed by atoms with van der Waals surface area (Å²) in [5.74, 6) is 0.181. The maximum Gasteiger partial charge on any atom is 0.239 e. The van der Waals surface area contributed by atoms with Crippen LogP contribution in [0.3, 0.4) is 0 Å². The number of amides is 1. The summed E-state index contributed by atoms with van der Waals surface area (Å²) in [5, 5.41) is 0. The van der Waals surface area contributed by atoms with Crippen molar-refractivity contribution < 1.29 is 4.79 Å². The highest BCUT2D eigenvalue weighted by molar-refractivity contribution is 5.81. The zero-order valence-corrected chi connectivity index (χ0v) is 13.4. The van der Waals surface area contributed by atoms with Crippen LogP contribution in [0, 0.1) is 5.41 Å². The van der Waals surface area contributed by atoms with E-state index in [1.807, 2.05) is 37.1 Å². The second kappa shape index (κ2) is 6.58. The Hall–Kier alpha value is -1.39. The highest BCUT2D eigenvalue weighted by atomic mass is 16.2. The van der Waals surface area contributed by atoms with Crippen LogP contribution in [-0.4, -0.2) is 48.4 Å². The van der Waals surface area contributed by atoms with Crippen LogP contribution in [-0.2, 0) is 11.3 Å². The second-order valence-electron chi connectivity index (χ2n) is 6.59. The zero-order valence-electron chi connectivity index (χ0n) is 13.4. The number of carbonyl (C=O) groups is 1. The van der Waals surface area contributed by atoms with Crippen LogP contribution in [0.5, 0.6) is 0 Å². The van der Waals surface area contributed by atoms with Crippen molar-refractivity contribution in [2.24, 2.45) is 11.1 Å². The molecular formula is C17H27N3O. The number of nitrogens with zero attached hydrogens (tertiary/aromatic N) is 2. The van der Waals surface area contributed by atoms with Crippen LogP contribution in [0.2, 0.25) is 0 Å². The van der Waals surface area contributed by atoms with Crippen molar-refractivity contribution in [3.63, 3.8) is 0 Å². The van der Waals surface area contributed by atoms with Gasteiger partial charge in [-0.2, -0.15) is 0 Å². The lowest BCUT2D eigenvalue weighted by Crippen LogP contribution is -2.45. The van der Waals surface area contributed by atoms with E-state index in [-0.39, 0.29) is 17.4 Å². The Bertz CT molecular complexity index is 476. The van der Waals surface area contributed by atoms with E-state index >= 15 is 0 Å². The molecule has 4 heteroatoms. The molecular weight excluding hydrogens is 262 g/mol. The van der Waals surface area contributed by atoms with Crippen molar-refractivity contribution >= 4 is 5.91 Å². The van der Waals surface area contributed by atoms with E-state index in [9.17, 15) is 4.79 Å². The van der Waals surface area contributed by atoms with Gasteiger partial charge in [0.2, 0.25) is 5.91 Å². The van der Waals surface area contributed by atoms with E-state index in [4.69, 9.17) is 5.73 Å². The first-order chi connectivity index (χ1) is 9.95. The molecule has 1 amide bonds. The predicted octanol–water partition coefficient (Wildman–Crippen LogP) is 1.70. The van der Waals surface area contributed by atoms with Gasteiger partial charge in [-0.05, 0) is 37.4 Å². The van der Waals surface area contributed by atoms with Gasteiger partial charge in [0.25, 0.3) is 0 Å². The SMILES string of the molecule is CC(C(=O)N(C)Cc1ccccc1)N1CCC(C)(CN)C1. The molecule has 0 bridgehead atoms. The molecule has 116 valence electrons. The summed E-state index contributed by atoms with van der Waals surface area (Å²) in [4.78, 5) is 16.7. The molecule has 1 aliphatic heterocycles. The molecule has 2 unspecified atom stereocenters. The molecule has 2 rings (SSSR count). The summed E-state index contributed by atoms with van der Waals surface area (Å²) in [6.45, 7) is 7.43. The summed E-state index contributed by atoms with van der Waals surface area (Å²) in [5.41, 5.74) is 7.17. The molecule has 1 aliphatic rings. The van der Waals surface area contributed by atoms with E-state index in [0.29, 0.717) is 13.1 Å². The van der Waals surface area contributed by atoms with E-state index < -0.39 is 0 Å². The van der Waals surface area contributed by atoms with Gasteiger partial charge in [-0.25, -0.2) is 0 Å². The molecule has 1 fully saturated rings. The average Bonchev–Trinajstić information content (AvgIpc) is 2.90. The Morgan fingerprint density at radius 1 is 1.43 bits per heavy atom. The molecule has 4 nitrogen and oxygen atoms in total. The minimum atomic E-state index is -0.0768. The van der Waals surface area contributed by atoms with Crippen LogP contribution < -0.4 is 5.73 Å². The standard InChI is InChI=1S/C17H27N3O/c1-14(20-10-9-17(2,12-18)13-20)16(21)19(3)11-15-7-5-4-6-8-15/h4-8,14H,9-13,18H2,1-3H3. The van der Waals surface area contributed by atoms with Crippen molar-refractivity contribution in [3.8, 4) is 0 Å². The summed E-state index contributed by atoms with van der Waals surface area (Å²) in [7, 11) is 1.88. The fourth-order valence-corrected chi connectivity index (χ4v) is 2.97. The van der Waals surface area contributed by atoms with Gasteiger partial charge in [-0.15, -0.1) is 0 Å². The molecule has 0 aromatic heterocycles. The van der Waals surface area contributed by atoms with Gasteiger partial charge in [0.15, 0.2) is 0 Å². The van der Waals surface area contributed by atoms with E-state index in [1.165, 1.54) is 0 Å². The van der Waals surface area contributed by atoms with E-state index in [2.05, 4.69) is 24.0 Å². The molecule has 2 N–H and O–H groups in total. The molecule has 1 saturated heterocycles. The van der Waals surface area contributed by atoms with Crippen molar-refractivity contribution in [1.82, 2.24) is 9.80 Å². The summed E-state index contributed by atoms with van der Waals surface area (Å²) < 4.78 is 0. The van der Waals surface area contributed by atoms with Crippen molar-refractivity contribution in [2.45, 2.75) is 32.9 Å². The maximum atomic E-state index is 12.6. The summed E-state index contributed by atoms with van der Waals surface area (Å²) in [6, 6.07) is 10.0. The number of nitrogens with two attached hydrogens (primary N) is 1. The minimum Gasteiger partial charge on any atom is -0.340 e. The first kappa shape index (κ1) is 16.0. The number of likely N-dealkylation sites (tertiary alicyclic amines) is 1. The monoisotopic (exact) mass is 289 g/mol. The van der Waals surface area contributed by atoms with Crippen LogP contribution in [0.1, 0.15) is 25.8 Å². The molecule has 0 spiro atoms. The first-order valence-electron chi connectivity index (χ1n) is 7.68. The smallest absolute Gasteiger partial charge is 0.239 e. The van der Waals surface area contributed by atoms with E-state index in [0.717, 1.165) is 25.1 Å². The van der Waals surface area contributed by atoms with Gasteiger partial charge < -0.3 is 10.6 Å². The van der Waals surface area contributed by atoms with Gasteiger partial charge in [0, 0.05) is 20.1 Å². The molecule has 1 aromatic carbocycles. The topological polar surface area (TPSA) is 49.6 Å². The quantitative estimate of drug-likeness (QED) is 0.897. The number of hydrogen-bond donors (Lipinski definition) is 1. The minimum absolute atomic E-state index is 0.0768. The fraction of sp³-hybridized carbons (Fsp3) is 0.588. The van der Waals surface area contributed by atoms with Crippen LogP contribution in [0.25, 0.3) is 0 Å². The highest BCUT2D eigenvalue weighted by Gasteiger charge is 2.37. The third-order valence-electron chi connectivity index (χ3n) is 4.62. The normalized spacial score (nSPS) is 24.0. The Morgan fingerprint density at radius 3 is 2.67 bits per heavy atom. The van der Waals surface area contributed by atoms with Gasteiger partial charge in [0.1, 0.15) is 0 Å². The third kappa shape index (κ3) is 3.83. The number of hydrogen-bond acceptors (Lipinski definition) is 3. The van der Waals surface area contributed by atoms with Gasteiger partial charge in [0.05, 0.1) is 6.04 Å². The summed E-state index contributed by atoms with van der Waals surface area (Å²) >= 11 is 0. The second-order valence-corrected chi connectivity index (χ2v) is 6.59. The average molecular weight is 289 g/mol. The molecule has 0 radical (unpaired) electrons. The van der Waals surface area contributed by atoms with Crippen molar-refractivity contribution in [2.75, 3.05) is 26.7 Å². The Kier molecular flexibility index (Phi) is 5.01. The van der Waals surface area contributed by atoms with Crippen LogP contribution in [0.4, 0.5) is 0 Å². The Labute approximate surface area is 127 Å². The van der Waals surface area contributed by atoms with Crippen LogP contribution in [0.15, 0.2) is 30.3 Å². The molecule has 1 heterocycles. The lowest BCUT2D eigenvalue weighted by atomic mass is 9.90. The van der Waals surface area contributed by atoms with Gasteiger partial charge >= 0.3 is 0 Å². The molecule has 0 saturated carbocycles. The Balaban J connectivity index is 1.93. The van der Waals surface area contributed by atoms with Crippen molar-refractivity contribution in [1.29, 1.82) is 0 Å². The predicted molar refractivity (Wildman–Crippen MR) is 85.7 cm³/mol. The zero-order chi connectivity index (χ0) is 15.5. The largest absolute Gasteiger partial charge is 0.340 e. The van der Waals surface area contributed by atoms with E-state index in [1.54, 1.807) is 0 Å². The maximum absolute atomic E-state index is 12.6. The molecule has 0 aliphatic carbocycles. The third-order valence-corrected chi connectivity index (χ3v) is 4.62. The lowest BCUT2D eigenvalue weighted by Gasteiger charge is -2.29. The first-order valence-corrected chi connectivity index (χ1v) is 7.68. The van der Waals surface area contributed by atoms with Gasteiger partial charge in [-0.1, -0.05) is 37.3 Å². The number of carbonyl (C=O) groups excluding carboxylic acids is 1. The Morgan fingerprint density at radius 2 is 2.10 bits per heavy atom.